The van der Waals surface area contributed by atoms with E-state index in [4.69, 9.17) is 11.2 Å². The Morgan fingerprint density at radius 2 is 2.26 bits per heavy atom. The molecule has 0 fully saturated rings. The maximum atomic E-state index is 14.1. The zero-order valence-corrected chi connectivity index (χ0v) is 11.7. The molecule has 1 unspecified atom stereocenters. The molecule has 1 atom stereocenters. The first-order valence-electron chi connectivity index (χ1n) is 6.73. The van der Waals surface area contributed by atoms with Crippen LogP contribution in [0.15, 0.2) is 18.2 Å². The Kier molecular flexibility index (Phi) is 6.99. The second-order valence-corrected chi connectivity index (χ2v) is 4.46. The van der Waals surface area contributed by atoms with Crippen molar-refractivity contribution in [1.29, 1.82) is 0 Å². The van der Waals surface area contributed by atoms with Crippen LogP contribution >= 0.6 is 0 Å². The molecule has 0 aliphatic rings. The number of ether oxygens (including phenoxy) is 1. The van der Waals surface area contributed by atoms with Gasteiger partial charge in [0.15, 0.2) is 0 Å². The van der Waals surface area contributed by atoms with Crippen molar-refractivity contribution in [3.05, 3.63) is 29.6 Å². The number of methoxy groups -OCH3 is 1. The van der Waals surface area contributed by atoms with Gasteiger partial charge in [0, 0.05) is 18.0 Å². The van der Waals surface area contributed by atoms with Gasteiger partial charge < -0.3 is 10.1 Å². The summed E-state index contributed by atoms with van der Waals surface area (Å²) in [6.07, 6.45) is 8.66. The smallest absolute Gasteiger partial charge is 0.131 e. The van der Waals surface area contributed by atoms with Crippen molar-refractivity contribution < 1.29 is 9.13 Å². The van der Waals surface area contributed by atoms with Crippen LogP contribution < -0.4 is 10.1 Å². The molecule has 0 radical (unpaired) electrons. The number of unbranched alkanes of at least 4 members (excludes halogenated alkanes) is 1. The number of hydrogen-bond acceptors (Lipinski definition) is 2. The highest BCUT2D eigenvalue weighted by Crippen LogP contribution is 2.30. The summed E-state index contributed by atoms with van der Waals surface area (Å²) < 4.78 is 19.3. The van der Waals surface area contributed by atoms with E-state index in [-0.39, 0.29) is 11.9 Å². The highest BCUT2D eigenvalue weighted by atomic mass is 19.1. The monoisotopic (exact) mass is 263 g/mol. The number of halogens is 1. The Balaban J connectivity index is 2.92. The van der Waals surface area contributed by atoms with Gasteiger partial charge in [-0.1, -0.05) is 13.0 Å². The third-order valence-electron chi connectivity index (χ3n) is 3.04. The number of hydrogen-bond donors (Lipinski definition) is 1. The fraction of sp³-hybridized carbons (Fsp3) is 0.500. The molecule has 1 rings (SSSR count). The first kappa shape index (κ1) is 15.5. The normalized spacial score (nSPS) is 11.9. The standard InChI is InChI=1S/C16H22FNO/c1-4-6-7-10-14(18-12-5-2)16-13(17)9-8-11-15(16)19-3/h1,8-9,11,14,18H,5-7,10,12H2,2-3H3. The first-order valence-corrected chi connectivity index (χ1v) is 6.73. The van der Waals surface area contributed by atoms with Crippen molar-refractivity contribution in [2.24, 2.45) is 0 Å². The molecule has 0 saturated carbocycles. The van der Waals surface area contributed by atoms with Crippen LogP contribution in [0.25, 0.3) is 0 Å². The van der Waals surface area contributed by atoms with Crippen molar-refractivity contribution in [2.45, 2.75) is 38.6 Å². The zero-order valence-electron chi connectivity index (χ0n) is 11.7. The minimum Gasteiger partial charge on any atom is -0.496 e. The summed E-state index contributed by atoms with van der Waals surface area (Å²) in [4.78, 5) is 0. The largest absolute Gasteiger partial charge is 0.496 e. The Morgan fingerprint density at radius 1 is 1.47 bits per heavy atom. The average Bonchev–Trinajstić information content (AvgIpc) is 2.43. The van der Waals surface area contributed by atoms with Crippen molar-refractivity contribution in [2.75, 3.05) is 13.7 Å². The zero-order chi connectivity index (χ0) is 14.1. The van der Waals surface area contributed by atoms with Crippen molar-refractivity contribution >= 4 is 0 Å². The van der Waals surface area contributed by atoms with Crippen LogP contribution in [0.3, 0.4) is 0 Å². The summed E-state index contributed by atoms with van der Waals surface area (Å²) in [6.45, 7) is 2.93. The number of terminal acetylenes is 1. The van der Waals surface area contributed by atoms with Crippen molar-refractivity contribution in [1.82, 2.24) is 5.32 Å². The number of nitrogens with one attached hydrogen (secondary N) is 1. The van der Waals surface area contributed by atoms with E-state index in [1.807, 2.05) is 0 Å². The molecular formula is C16H22FNO. The summed E-state index contributed by atoms with van der Waals surface area (Å²) in [6, 6.07) is 4.88. The number of benzene rings is 1. The Morgan fingerprint density at radius 3 is 2.89 bits per heavy atom. The molecule has 0 aliphatic heterocycles. The van der Waals surface area contributed by atoms with Crippen molar-refractivity contribution in [3.63, 3.8) is 0 Å². The van der Waals surface area contributed by atoms with E-state index in [0.717, 1.165) is 25.8 Å². The molecule has 0 heterocycles. The van der Waals surface area contributed by atoms with Gasteiger partial charge in [-0.15, -0.1) is 12.3 Å². The topological polar surface area (TPSA) is 21.3 Å². The number of rotatable bonds is 8. The van der Waals surface area contributed by atoms with Gasteiger partial charge in [0.05, 0.1) is 7.11 Å². The molecular weight excluding hydrogens is 241 g/mol. The molecule has 19 heavy (non-hydrogen) atoms. The fourth-order valence-electron chi connectivity index (χ4n) is 2.11. The first-order chi connectivity index (χ1) is 9.24. The maximum absolute atomic E-state index is 14.1. The molecule has 0 spiro atoms. The van der Waals surface area contributed by atoms with Gasteiger partial charge in [0.1, 0.15) is 11.6 Å². The lowest BCUT2D eigenvalue weighted by Crippen LogP contribution is -2.23. The maximum Gasteiger partial charge on any atom is 0.131 e. The van der Waals surface area contributed by atoms with E-state index in [1.54, 1.807) is 19.2 Å². The van der Waals surface area contributed by atoms with E-state index in [1.165, 1.54) is 6.07 Å². The molecule has 1 aromatic carbocycles. The van der Waals surface area contributed by atoms with Gasteiger partial charge in [-0.2, -0.15) is 0 Å². The van der Waals surface area contributed by atoms with E-state index in [0.29, 0.717) is 17.7 Å². The van der Waals surface area contributed by atoms with Gasteiger partial charge in [-0.3, -0.25) is 0 Å². The Bertz CT molecular complexity index is 425. The van der Waals surface area contributed by atoms with E-state index < -0.39 is 0 Å². The molecule has 0 aromatic heterocycles. The third kappa shape index (κ3) is 4.57. The van der Waals surface area contributed by atoms with Crippen LogP contribution in [-0.4, -0.2) is 13.7 Å². The quantitative estimate of drug-likeness (QED) is 0.570. The fourth-order valence-corrected chi connectivity index (χ4v) is 2.11. The SMILES string of the molecule is C#CCCCC(NCCC)c1c(F)cccc1OC. The summed E-state index contributed by atoms with van der Waals surface area (Å²) >= 11 is 0. The van der Waals surface area contributed by atoms with Gasteiger partial charge in [0.2, 0.25) is 0 Å². The highest BCUT2D eigenvalue weighted by Gasteiger charge is 2.19. The van der Waals surface area contributed by atoms with Crippen LogP contribution in [0.5, 0.6) is 5.75 Å². The van der Waals surface area contributed by atoms with E-state index in [9.17, 15) is 4.39 Å². The Hall–Kier alpha value is -1.53. The van der Waals surface area contributed by atoms with Crippen LogP contribution in [0.4, 0.5) is 4.39 Å². The second-order valence-electron chi connectivity index (χ2n) is 4.46. The molecule has 104 valence electrons. The van der Waals surface area contributed by atoms with Gasteiger partial charge >= 0.3 is 0 Å². The van der Waals surface area contributed by atoms with Crippen molar-refractivity contribution in [3.8, 4) is 18.1 Å². The van der Waals surface area contributed by atoms with Crippen LogP contribution in [0, 0.1) is 18.2 Å². The van der Waals surface area contributed by atoms with Crippen LogP contribution in [0.1, 0.15) is 44.2 Å². The molecule has 1 N–H and O–H groups in total. The lowest BCUT2D eigenvalue weighted by molar-refractivity contribution is 0.383. The minimum absolute atomic E-state index is 0.0514. The van der Waals surface area contributed by atoms with Gasteiger partial charge in [0.25, 0.3) is 0 Å². The molecule has 1 aromatic rings. The Labute approximate surface area is 115 Å². The van der Waals surface area contributed by atoms with Gasteiger partial charge in [-0.05, 0) is 37.9 Å². The molecule has 0 bridgehead atoms. The van der Waals surface area contributed by atoms with E-state index in [2.05, 4.69) is 18.2 Å². The highest BCUT2D eigenvalue weighted by molar-refractivity contribution is 5.37. The molecule has 0 saturated heterocycles. The van der Waals surface area contributed by atoms with E-state index >= 15 is 0 Å². The second kappa shape index (κ2) is 8.55. The lowest BCUT2D eigenvalue weighted by Gasteiger charge is -2.21. The molecule has 2 nitrogen and oxygen atoms in total. The predicted molar refractivity (Wildman–Crippen MR) is 76.7 cm³/mol. The summed E-state index contributed by atoms with van der Waals surface area (Å²) in [5.74, 6) is 2.98. The average molecular weight is 263 g/mol. The lowest BCUT2D eigenvalue weighted by atomic mass is 9.99. The third-order valence-corrected chi connectivity index (χ3v) is 3.04. The minimum atomic E-state index is -0.228. The van der Waals surface area contributed by atoms with Gasteiger partial charge in [-0.25, -0.2) is 4.39 Å². The molecule has 0 aliphatic carbocycles. The summed E-state index contributed by atoms with van der Waals surface area (Å²) in [7, 11) is 1.57. The predicted octanol–water partition coefficient (Wildman–Crippen LogP) is 3.68. The molecule has 3 heteroatoms. The summed E-state index contributed by atoms with van der Waals surface area (Å²) in [5, 5.41) is 3.37. The van der Waals surface area contributed by atoms with Crippen LogP contribution in [0.2, 0.25) is 0 Å². The van der Waals surface area contributed by atoms with Crippen LogP contribution in [-0.2, 0) is 0 Å². The summed E-state index contributed by atoms with van der Waals surface area (Å²) in [5.41, 5.74) is 0.607. The molecule has 0 amide bonds.